The summed E-state index contributed by atoms with van der Waals surface area (Å²) in [4.78, 5) is 15.1. The van der Waals surface area contributed by atoms with Gasteiger partial charge in [-0.25, -0.2) is 0 Å². The molecule has 13 heavy (non-hydrogen) atoms. The lowest BCUT2D eigenvalue weighted by atomic mass is 9.94. The van der Waals surface area contributed by atoms with Crippen molar-refractivity contribution in [2.75, 3.05) is 0 Å². The number of ketones is 1. The maximum atomic E-state index is 11.4. The SMILES string of the molecule is [N-]=[N+]=N[C@H]1CCC(=O)c2ccsc21. The Labute approximate surface area is 78.8 Å². The third-order valence-electron chi connectivity index (χ3n) is 2.13. The Morgan fingerprint density at radius 1 is 1.69 bits per heavy atom. The van der Waals surface area contributed by atoms with E-state index in [4.69, 9.17) is 5.53 Å². The number of nitrogens with zero attached hydrogens (tertiary/aromatic N) is 3. The Bertz CT molecular complexity index is 392. The highest BCUT2D eigenvalue weighted by molar-refractivity contribution is 7.10. The molecule has 0 aromatic carbocycles. The monoisotopic (exact) mass is 193 g/mol. The van der Waals surface area contributed by atoms with Crippen molar-refractivity contribution in [3.8, 4) is 0 Å². The minimum Gasteiger partial charge on any atom is -0.294 e. The first kappa shape index (κ1) is 8.29. The van der Waals surface area contributed by atoms with E-state index in [2.05, 4.69) is 10.0 Å². The van der Waals surface area contributed by atoms with Gasteiger partial charge in [0.25, 0.3) is 0 Å². The average Bonchev–Trinajstić information content (AvgIpc) is 2.59. The van der Waals surface area contributed by atoms with Gasteiger partial charge < -0.3 is 0 Å². The predicted octanol–water partition coefficient (Wildman–Crippen LogP) is 3.08. The molecule has 0 amide bonds. The highest BCUT2D eigenvalue weighted by atomic mass is 32.1. The van der Waals surface area contributed by atoms with Crippen molar-refractivity contribution in [3.63, 3.8) is 0 Å². The normalized spacial score (nSPS) is 20.6. The number of hydrogen-bond acceptors (Lipinski definition) is 3. The maximum Gasteiger partial charge on any atom is 0.164 e. The molecule has 0 fully saturated rings. The van der Waals surface area contributed by atoms with Crippen LogP contribution in [0.15, 0.2) is 16.6 Å². The molecule has 1 aromatic heterocycles. The Morgan fingerprint density at radius 3 is 3.31 bits per heavy atom. The van der Waals surface area contributed by atoms with Crippen molar-refractivity contribution >= 4 is 17.1 Å². The van der Waals surface area contributed by atoms with Crippen LogP contribution in [0.1, 0.15) is 34.1 Å². The van der Waals surface area contributed by atoms with E-state index in [9.17, 15) is 4.79 Å². The minimum absolute atomic E-state index is 0.127. The van der Waals surface area contributed by atoms with Gasteiger partial charge in [-0.2, -0.15) is 0 Å². The number of rotatable bonds is 1. The molecule has 4 nitrogen and oxygen atoms in total. The van der Waals surface area contributed by atoms with E-state index in [1.807, 2.05) is 5.38 Å². The van der Waals surface area contributed by atoms with Crippen LogP contribution in [0, 0.1) is 0 Å². The molecule has 1 atom stereocenters. The van der Waals surface area contributed by atoms with E-state index >= 15 is 0 Å². The van der Waals surface area contributed by atoms with Gasteiger partial charge in [0, 0.05) is 21.8 Å². The summed E-state index contributed by atoms with van der Waals surface area (Å²) in [6.07, 6.45) is 1.14. The fourth-order valence-electron chi connectivity index (χ4n) is 1.52. The molecule has 0 spiro atoms. The molecule has 0 radical (unpaired) electrons. The molecule has 0 N–H and O–H groups in total. The highest BCUT2D eigenvalue weighted by Crippen LogP contribution is 2.36. The third-order valence-corrected chi connectivity index (χ3v) is 3.15. The van der Waals surface area contributed by atoms with Crippen molar-refractivity contribution in [2.45, 2.75) is 18.9 Å². The summed E-state index contributed by atoms with van der Waals surface area (Å²) in [6.45, 7) is 0. The van der Waals surface area contributed by atoms with E-state index < -0.39 is 0 Å². The molecule has 66 valence electrons. The zero-order valence-electron chi connectivity index (χ0n) is 6.80. The van der Waals surface area contributed by atoms with Gasteiger partial charge in [0.2, 0.25) is 0 Å². The second-order valence-corrected chi connectivity index (χ2v) is 3.83. The number of thiophene rings is 1. The molecule has 1 heterocycles. The van der Waals surface area contributed by atoms with Gasteiger partial charge in [-0.15, -0.1) is 11.3 Å². The summed E-state index contributed by atoms with van der Waals surface area (Å²) in [7, 11) is 0. The zero-order chi connectivity index (χ0) is 9.26. The van der Waals surface area contributed by atoms with Gasteiger partial charge in [-0.05, 0) is 23.4 Å². The first-order valence-electron chi connectivity index (χ1n) is 3.97. The van der Waals surface area contributed by atoms with Gasteiger partial charge in [0.15, 0.2) is 5.78 Å². The quantitative estimate of drug-likeness (QED) is 0.384. The second-order valence-electron chi connectivity index (χ2n) is 2.88. The number of fused-ring (bicyclic) bond motifs is 1. The van der Waals surface area contributed by atoms with Crippen molar-refractivity contribution in [1.82, 2.24) is 0 Å². The molecule has 1 aliphatic rings. The largest absolute Gasteiger partial charge is 0.294 e. The predicted molar refractivity (Wildman–Crippen MR) is 49.8 cm³/mol. The van der Waals surface area contributed by atoms with Crippen LogP contribution in [0.4, 0.5) is 0 Å². The third kappa shape index (κ3) is 1.32. The van der Waals surface area contributed by atoms with Gasteiger partial charge in [0.05, 0.1) is 6.04 Å². The number of carbonyl (C=O) groups is 1. The van der Waals surface area contributed by atoms with Crippen LogP contribution in [0.2, 0.25) is 0 Å². The van der Waals surface area contributed by atoms with Gasteiger partial charge in [-0.1, -0.05) is 5.11 Å². The fraction of sp³-hybridized carbons (Fsp3) is 0.375. The first-order chi connectivity index (χ1) is 6.33. The van der Waals surface area contributed by atoms with Crippen LogP contribution in [0.5, 0.6) is 0 Å². The van der Waals surface area contributed by atoms with E-state index in [1.54, 1.807) is 6.07 Å². The van der Waals surface area contributed by atoms with Crippen LogP contribution in [0.25, 0.3) is 10.4 Å². The summed E-state index contributed by atoms with van der Waals surface area (Å²) in [5, 5.41) is 5.54. The molecular weight excluding hydrogens is 186 g/mol. The Hall–Kier alpha value is -1.32. The summed E-state index contributed by atoms with van der Waals surface area (Å²) >= 11 is 1.49. The van der Waals surface area contributed by atoms with Crippen LogP contribution < -0.4 is 0 Å². The van der Waals surface area contributed by atoms with Crippen molar-refractivity contribution in [2.24, 2.45) is 5.11 Å². The van der Waals surface area contributed by atoms with Crippen molar-refractivity contribution < 1.29 is 4.79 Å². The lowest BCUT2D eigenvalue weighted by Crippen LogP contribution is -2.11. The summed E-state index contributed by atoms with van der Waals surface area (Å²) in [5.41, 5.74) is 9.07. The van der Waals surface area contributed by atoms with Crippen LogP contribution in [-0.4, -0.2) is 5.78 Å². The number of carbonyl (C=O) groups excluding carboxylic acids is 1. The molecule has 1 aromatic rings. The smallest absolute Gasteiger partial charge is 0.164 e. The van der Waals surface area contributed by atoms with Gasteiger partial charge in [0.1, 0.15) is 0 Å². The number of Topliss-reactive ketones (excluding diaryl/α,β-unsaturated/α-hetero) is 1. The molecular formula is C8H7N3OS. The van der Waals surface area contributed by atoms with Gasteiger partial charge >= 0.3 is 0 Å². The number of hydrogen-bond donors (Lipinski definition) is 0. The Morgan fingerprint density at radius 2 is 2.54 bits per heavy atom. The molecule has 5 heteroatoms. The highest BCUT2D eigenvalue weighted by Gasteiger charge is 2.25. The molecule has 0 aliphatic heterocycles. The molecule has 2 rings (SSSR count). The van der Waals surface area contributed by atoms with Crippen molar-refractivity contribution in [1.29, 1.82) is 0 Å². The summed E-state index contributed by atoms with van der Waals surface area (Å²) in [5.74, 6) is 0.167. The Balaban J connectivity index is 2.46. The molecule has 1 aliphatic carbocycles. The standard InChI is InChI=1S/C8H7N3OS/c9-11-10-6-1-2-7(12)5-3-4-13-8(5)6/h3-4,6H,1-2H2/t6-/m0/s1. The van der Waals surface area contributed by atoms with E-state index in [0.29, 0.717) is 12.8 Å². The lowest BCUT2D eigenvalue weighted by molar-refractivity contribution is 0.0968. The topological polar surface area (TPSA) is 65.8 Å². The number of azide groups is 1. The van der Waals surface area contributed by atoms with E-state index in [1.165, 1.54) is 11.3 Å². The molecule has 0 bridgehead atoms. The van der Waals surface area contributed by atoms with Gasteiger partial charge in [-0.3, -0.25) is 4.79 Å². The molecule has 0 unspecified atom stereocenters. The molecule has 0 saturated heterocycles. The Kier molecular flexibility index (Phi) is 2.04. The van der Waals surface area contributed by atoms with Crippen LogP contribution in [0.3, 0.4) is 0 Å². The minimum atomic E-state index is -0.127. The van der Waals surface area contributed by atoms with E-state index in [0.717, 1.165) is 10.4 Å². The summed E-state index contributed by atoms with van der Waals surface area (Å²) in [6, 6.07) is 1.68. The second kappa shape index (κ2) is 3.20. The average molecular weight is 193 g/mol. The molecule has 0 saturated carbocycles. The van der Waals surface area contributed by atoms with E-state index in [-0.39, 0.29) is 11.8 Å². The van der Waals surface area contributed by atoms with Crippen molar-refractivity contribution in [3.05, 3.63) is 32.3 Å². The lowest BCUT2D eigenvalue weighted by Gasteiger charge is -2.16. The maximum absolute atomic E-state index is 11.4. The fourth-order valence-corrected chi connectivity index (χ4v) is 2.50. The van der Waals surface area contributed by atoms with Crippen LogP contribution >= 0.6 is 11.3 Å². The first-order valence-corrected chi connectivity index (χ1v) is 4.85. The van der Waals surface area contributed by atoms with Crippen LogP contribution in [-0.2, 0) is 0 Å². The zero-order valence-corrected chi connectivity index (χ0v) is 7.62. The summed E-state index contributed by atoms with van der Waals surface area (Å²) < 4.78 is 0.